The highest BCUT2D eigenvalue weighted by Crippen LogP contribution is 2.46. The predicted molar refractivity (Wildman–Crippen MR) is 107 cm³/mol. The van der Waals surface area contributed by atoms with Crippen molar-refractivity contribution in [1.29, 1.82) is 0 Å². The number of carbonyl (C=O) groups is 1. The Morgan fingerprint density at radius 3 is 2.27 bits per heavy atom. The first-order valence-electron chi connectivity index (χ1n) is 10.0. The van der Waals surface area contributed by atoms with Crippen LogP contribution in [0.4, 0.5) is 23.8 Å². The van der Waals surface area contributed by atoms with Gasteiger partial charge in [-0.25, -0.2) is 4.79 Å². The molecule has 4 rings (SSSR count). The van der Waals surface area contributed by atoms with E-state index in [1.807, 2.05) is 18.2 Å². The highest BCUT2D eigenvalue weighted by molar-refractivity contribution is 5.94. The summed E-state index contributed by atoms with van der Waals surface area (Å²) in [7, 11) is 5.56. The minimum absolute atomic E-state index is 0.124. The number of rotatable bonds is 3. The number of urea groups is 1. The summed E-state index contributed by atoms with van der Waals surface area (Å²) in [5, 5.41) is 6.61. The molecule has 1 saturated heterocycles. The van der Waals surface area contributed by atoms with Crippen LogP contribution in [-0.2, 0) is 18.8 Å². The third-order valence-corrected chi connectivity index (χ3v) is 6.70. The molecule has 0 bridgehead atoms. The van der Waals surface area contributed by atoms with Crippen molar-refractivity contribution in [3.8, 4) is 0 Å². The fourth-order valence-corrected chi connectivity index (χ4v) is 4.91. The molecule has 1 aliphatic carbocycles. The number of halogens is 3. The van der Waals surface area contributed by atoms with Crippen molar-refractivity contribution < 1.29 is 18.0 Å². The van der Waals surface area contributed by atoms with Gasteiger partial charge in [-0.15, -0.1) is 0 Å². The minimum atomic E-state index is -4.55. The number of alkyl halides is 3. The number of benzene rings is 1. The van der Waals surface area contributed by atoms with Gasteiger partial charge in [-0.3, -0.25) is 14.5 Å². The highest BCUT2D eigenvalue weighted by atomic mass is 19.4. The largest absolute Gasteiger partial charge is 0.435 e. The first-order chi connectivity index (χ1) is 14.1. The first kappa shape index (κ1) is 20.7. The fourth-order valence-electron chi connectivity index (χ4n) is 4.91. The van der Waals surface area contributed by atoms with Gasteiger partial charge in [-0.05, 0) is 45.3 Å². The average molecular weight is 421 g/mol. The lowest BCUT2D eigenvalue weighted by Gasteiger charge is -2.48. The van der Waals surface area contributed by atoms with E-state index < -0.39 is 17.4 Å². The lowest BCUT2D eigenvalue weighted by atomic mass is 9.69. The van der Waals surface area contributed by atoms with Crippen LogP contribution in [0.1, 0.15) is 36.9 Å². The average Bonchev–Trinajstić information content (AvgIpc) is 3.23. The van der Waals surface area contributed by atoms with E-state index in [9.17, 15) is 18.0 Å². The Hall–Kier alpha value is -2.55. The van der Waals surface area contributed by atoms with Crippen molar-refractivity contribution in [3.05, 3.63) is 47.7 Å². The van der Waals surface area contributed by atoms with Crippen LogP contribution in [0.25, 0.3) is 0 Å². The molecule has 0 atom stereocenters. The summed E-state index contributed by atoms with van der Waals surface area (Å²) in [5.74, 6) is 0.157. The quantitative estimate of drug-likeness (QED) is 0.822. The number of amides is 2. The molecule has 30 heavy (non-hydrogen) atoms. The lowest BCUT2D eigenvalue weighted by Crippen LogP contribution is -2.54. The number of aryl methyl sites for hydroxylation is 1. The molecule has 1 aromatic heterocycles. The van der Waals surface area contributed by atoms with Crippen molar-refractivity contribution in [2.24, 2.45) is 7.05 Å². The van der Waals surface area contributed by atoms with Gasteiger partial charge >= 0.3 is 12.2 Å². The van der Waals surface area contributed by atoms with Gasteiger partial charge in [0, 0.05) is 18.7 Å². The second-order valence-corrected chi connectivity index (χ2v) is 8.60. The summed E-state index contributed by atoms with van der Waals surface area (Å²) in [6.45, 7) is 0.334. The molecule has 0 unspecified atom stereocenters. The number of carbonyl (C=O) groups excluding carboxylic acids is 1. The van der Waals surface area contributed by atoms with E-state index in [1.165, 1.54) is 17.5 Å². The van der Waals surface area contributed by atoms with Gasteiger partial charge in [0.1, 0.15) is 5.82 Å². The summed E-state index contributed by atoms with van der Waals surface area (Å²) >= 11 is 0. The van der Waals surface area contributed by atoms with Crippen LogP contribution in [0, 0.1) is 0 Å². The molecule has 0 radical (unpaired) electrons. The summed E-state index contributed by atoms with van der Waals surface area (Å²) in [6.07, 6.45) is -1.37. The molecule has 9 heteroatoms. The summed E-state index contributed by atoms with van der Waals surface area (Å²) < 4.78 is 40.2. The predicted octanol–water partition coefficient (Wildman–Crippen LogP) is 3.74. The van der Waals surface area contributed by atoms with Crippen LogP contribution < -0.4 is 10.2 Å². The number of anilines is 1. The van der Waals surface area contributed by atoms with E-state index >= 15 is 0 Å². The van der Waals surface area contributed by atoms with Crippen molar-refractivity contribution in [1.82, 2.24) is 20.0 Å². The molecule has 2 heterocycles. The van der Waals surface area contributed by atoms with Crippen LogP contribution in [0.3, 0.4) is 0 Å². The van der Waals surface area contributed by atoms with Crippen molar-refractivity contribution in [2.45, 2.75) is 42.9 Å². The second-order valence-electron chi connectivity index (χ2n) is 8.60. The number of hydrogen-bond acceptors (Lipinski definition) is 3. The summed E-state index contributed by atoms with van der Waals surface area (Å²) in [4.78, 5) is 16.3. The van der Waals surface area contributed by atoms with Crippen molar-refractivity contribution in [2.75, 3.05) is 25.5 Å². The zero-order valence-electron chi connectivity index (χ0n) is 17.3. The Balaban J connectivity index is 1.56. The Labute approximate surface area is 173 Å². The normalized spacial score (nSPS) is 27.2. The van der Waals surface area contributed by atoms with Gasteiger partial charge in [0.15, 0.2) is 5.69 Å². The standard InChI is InChI=1S/C21H26F3N5O/c1-27(2)20(15-7-5-4-6-8-15)11-9-19(10-12-20)14-29(18(30)25-19)17-13-16(21(22,23)24)26-28(17)3/h4-8,13H,9-12,14H2,1-3H3,(H,25,30)/t19-,20-. The monoisotopic (exact) mass is 421 g/mol. The molecule has 1 aromatic carbocycles. The van der Waals surface area contributed by atoms with Gasteiger partial charge in [0.05, 0.1) is 12.1 Å². The third-order valence-electron chi connectivity index (χ3n) is 6.70. The zero-order chi connectivity index (χ0) is 21.7. The molecule has 6 nitrogen and oxygen atoms in total. The molecule has 1 aliphatic heterocycles. The molecule has 2 amide bonds. The second kappa shape index (κ2) is 7.01. The van der Waals surface area contributed by atoms with Crippen molar-refractivity contribution >= 4 is 11.8 Å². The first-order valence-corrected chi connectivity index (χ1v) is 10.0. The van der Waals surface area contributed by atoms with E-state index in [0.29, 0.717) is 6.54 Å². The molecule has 162 valence electrons. The van der Waals surface area contributed by atoms with Crippen molar-refractivity contribution in [3.63, 3.8) is 0 Å². The fraction of sp³-hybridized carbons (Fsp3) is 0.524. The number of hydrogen-bond donors (Lipinski definition) is 1. The smallest absolute Gasteiger partial charge is 0.330 e. The number of nitrogens with one attached hydrogen (secondary N) is 1. The topological polar surface area (TPSA) is 53.4 Å². The Morgan fingerprint density at radius 1 is 1.10 bits per heavy atom. The van der Waals surface area contributed by atoms with Gasteiger partial charge in [-0.1, -0.05) is 30.3 Å². The van der Waals surface area contributed by atoms with Gasteiger partial charge in [-0.2, -0.15) is 18.3 Å². The molecular weight excluding hydrogens is 395 g/mol. The maximum absolute atomic E-state index is 13.0. The van der Waals surface area contributed by atoms with E-state index in [4.69, 9.17) is 0 Å². The summed E-state index contributed by atoms with van der Waals surface area (Å²) in [6, 6.07) is 10.9. The third kappa shape index (κ3) is 3.34. The van der Waals surface area contributed by atoms with Crippen LogP contribution in [0.2, 0.25) is 0 Å². The Bertz CT molecular complexity index is 930. The van der Waals surface area contributed by atoms with E-state index in [2.05, 4.69) is 41.5 Å². The molecule has 2 aliphatic rings. The summed E-state index contributed by atoms with van der Waals surface area (Å²) in [5.41, 5.74) is -0.324. The molecule has 1 saturated carbocycles. The van der Waals surface area contributed by atoms with E-state index in [0.717, 1.165) is 36.4 Å². The zero-order valence-corrected chi connectivity index (χ0v) is 17.3. The Morgan fingerprint density at radius 2 is 1.73 bits per heavy atom. The molecule has 1 spiro atoms. The SMILES string of the molecule is Cn1nc(C(F)(F)F)cc1N1C[C@]2(CC[C@@](c3ccccc3)(N(C)C)CC2)NC1=O. The highest BCUT2D eigenvalue weighted by Gasteiger charge is 2.51. The number of nitrogens with zero attached hydrogens (tertiary/aromatic N) is 4. The van der Waals surface area contributed by atoms with Crippen LogP contribution in [-0.4, -0.2) is 46.9 Å². The molecule has 2 fully saturated rings. The van der Waals surface area contributed by atoms with Crippen LogP contribution in [0.15, 0.2) is 36.4 Å². The van der Waals surface area contributed by atoms with E-state index in [-0.39, 0.29) is 17.4 Å². The van der Waals surface area contributed by atoms with Gasteiger partial charge in [0.25, 0.3) is 0 Å². The van der Waals surface area contributed by atoms with Gasteiger partial charge < -0.3 is 5.32 Å². The minimum Gasteiger partial charge on any atom is -0.330 e. The van der Waals surface area contributed by atoms with E-state index in [1.54, 1.807) is 0 Å². The molecule has 2 aromatic rings. The maximum atomic E-state index is 13.0. The van der Waals surface area contributed by atoms with Crippen LogP contribution in [0.5, 0.6) is 0 Å². The van der Waals surface area contributed by atoms with Gasteiger partial charge in [0.2, 0.25) is 0 Å². The molecule has 1 N–H and O–H groups in total. The lowest BCUT2D eigenvalue weighted by molar-refractivity contribution is -0.141. The Kier molecular flexibility index (Phi) is 4.84. The number of aromatic nitrogens is 2. The molecular formula is C21H26F3N5O. The maximum Gasteiger partial charge on any atom is 0.435 e. The van der Waals surface area contributed by atoms with Crippen LogP contribution >= 0.6 is 0 Å².